The Balaban J connectivity index is 1.50. The fourth-order valence-corrected chi connectivity index (χ4v) is 4.10. The Kier molecular flexibility index (Phi) is 7.73. The van der Waals surface area contributed by atoms with E-state index >= 15 is 0 Å². The summed E-state index contributed by atoms with van der Waals surface area (Å²) in [6.45, 7) is 3.27. The molecule has 5 heterocycles. The van der Waals surface area contributed by atoms with Gasteiger partial charge >= 0.3 is 17.9 Å². The first kappa shape index (κ1) is 29.9. The van der Waals surface area contributed by atoms with Crippen molar-refractivity contribution in [3.05, 3.63) is 41.0 Å². The second-order valence-electron chi connectivity index (χ2n) is 9.24. The zero-order chi connectivity index (χ0) is 32.6. The van der Waals surface area contributed by atoms with Crippen LogP contribution in [0.3, 0.4) is 0 Å². The highest BCUT2D eigenvalue weighted by Crippen LogP contribution is 2.34. The molecule has 0 unspecified atom stereocenters. The van der Waals surface area contributed by atoms with Crippen LogP contribution in [0.15, 0.2) is 38.9 Å². The number of azo groups is 2. The number of aromatic nitrogens is 10. The van der Waals surface area contributed by atoms with Gasteiger partial charge in [-0.05, 0) is 13.8 Å². The number of hydrogen-bond donors (Lipinski definition) is 3. The summed E-state index contributed by atoms with van der Waals surface area (Å²) in [7, 11) is 5.64. The molecule has 5 rings (SSSR count). The summed E-state index contributed by atoms with van der Waals surface area (Å²) in [6.07, 6.45) is 2.61. The number of hydrogen-bond acceptors (Lipinski definition) is 17. The molecule has 0 atom stereocenters. The molecule has 0 saturated carbocycles. The fourth-order valence-electron chi connectivity index (χ4n) is 4.10. The monoisotopic (exact) mass is 618 g/mol. The molecule has 0 aromatic carbocycles. The van der Waals surface area contributed by atoms with Crippen molar-refractivity contribution in [2.45, 2.75) is 13.8 Å². The fraction of sp³-hybridized carbons (Fsp3) is 0.250. The van der Waals surface area contributed by atoms with Crippen molar-refractivity contribution in [1.29, 1.82) is 0 Å². The number of carbonyl (C=O) groups is 2. The van der Waals surface area contributed by atoms with Crippen molar-refractivity contribution in [1.82, 2.24) is 49.1 Å². The molecule has 5 aromatic heterocycles. The number of nitrogens with two attached hydrogens (primary N) is 2. The first-order valence-corrected chi connectivity index (χ1v) is 12.8. The minimum atomic E-state index is -0.637. The molecule has 5 N–H and O–H groups in total. The molecule has 21 heteroatoms. The van der Waals surface area contributed by atoms with Gasteiger partial charge in [-0.25, -0.2) is 19.0 Å². The average Bonchev–Trinajstić information content (AvgIpc) is 3.73. The number of aryl methyl sites for hydroxylation is 4. The number of carbonyl (C=O) groups excluding carboxylic acids is 2. The maximum Gasteiger partial charge on any atom is 0.343 e. The van der Waals surface area contributed by atoms with E-state index in [1.165, 1.54) is 51.4 Å². The normalized spacial score (nSPS) is 11.6. The maximum absolute atomic E-state index is 12.1. The van der Waals surface area contributed by atoms with E-state index in [-0.39, 0.29) is 57.4 Å². The highest BCUT2D eigenvalue weighted by atomic mass is 16.5. The van der Waals surface area contributed by atoms with Gasteiger partial charge in [0.2, 0.25) is 0 Å². The third-order valence-electron chi connectivity index (χ3n) is 6.36. The van der Waals surface area contributed by atoms with Gasteiger partial charge in [0.1, 0.15) is 11.1 Å². The molecule has 45 heavy (non-hydrogen) atoms. The average molecular weight is 619 g/mol. The summed E-state index contributed by atoms with van der Waals surface area (Å²) in [5, 5.41) is 43.8. The maximum atomic E-state index is 12.1. The number of esters is 2. The summed E-state index contributed by atoms with van der Waals surface area (Å²) in [6, 6.07) is 0.782. The van der Waals surface area contributed by atoms with Crippen LogP contribution in [0.4, 0.5) is 34.6 Å². The third-order valence-corrected chi connectivity index (χ3v) is 6.36. The van der Waals surface area contributed by atoms with Gasteiger partial charge in [0, 0.05) is 20.2 Å². The lowest BCUT2D eigenvalue weighted by molar-refractivity contribution is 0.0592. The second kappa shape index (κ2) is 11.6. The highest BCUT2D eigenvalue weighted by Gasteiger charge is 2.22. The quantitative estimate of drug-likeness (QED) is 0.166. The molecule has 0 fully saturated rings. The van der Waals surface area contributed by atoms with Gasteiger partial charge in [0.05, 0.1) is 38.0 Å². The Morgan fingerprint density at radius 1 is 0.756 bits per heavy atom. The molecule has 0 radical (unpaired) electrons. The summed E-state index contributed by atoms with van der Waals surface area (Å²) in [5.74, 6) is -0.885. The summed E-state index contributed by atoms with van der Waals surface area (Å²) < 4.78 is 14.6. The van der Waals surface area contributed by atoms with Gasteiger partial charge < -0.3 is 26.0 Å². The van der Waals surface area contributed by atoms with E-state index in [0.717, 1.165) is 0 Å². The number of anilines is 2. The smallest absolute Gasteiger partial charge is 0.343 e. The number of nitrogens with zero attached hydrogens (tertiary/aromatic N) is 14. The molecular formula is C24H26N16O5. The van der Waals surface area contributed by atoms with Crippen LogP contribution < -0.4 is 11.5 Å². The van der Waals surface area contributed by atoms with Crippen LogP contribution in [0, 0.1) is 13.8 Å². The van der Waals surface area contributed by atoms with Crippen molar-refractivity contribution < 1.29 is 24.2 Å². The van der Waals surface area contributed by atoms with Crippen LogP contribution in [0.1, 0.15) is 32.1 Å². The summed E-state index contributed by atoms with van der Waals surface area (Å²) in [5.41, 5.74) is 14.0. The van der Waals surface area contributed by atoms with Crippen LogP contribution in [0.2, 0.25) is 0 Å². The van der Waals surface area contributed by atoms with E-state index in [1.54, 1.807) is 27.9 Å². The van der Waals surface area contributed by atoms with E-state index in [4.69, 9.17) is 20.9 Å². The Bertz CT molecular complexity index is 1870. The predicted octanol–water partition coefficient (Wildman–Crippen LogP) is 2.21. The minimum Gasteiger partial charge on any atom is -0.479 e. The standard InChI is InChI=1S/C24H26N16O5/c1-10-16(31-33-20-12(22(41)44-5)8-27-37(20)3)18(25)39(35-10)14-7-15(30-24(43)29-14)40-19(26)17(11(2)36-40)32-34-21-13(23(42)45-6)9-28-38(21)4/h7-9H,25-26H2,1-6H3,(H,29,30,43). The van der Waals surface area contributed by atoms with E-state index in [1.807, 2.05) is 0 Å². The lowest BCUT2D eigenvalue weighted by Gasteiger charge is -2.07. The van der Waals surface area contributed by atoms with Crippen molar-refractivity contribution in [2.24, 2.45) is 34.6 Å². The van der Waals surface area contributed by atoms with E-state index in [9.17, 15) is 14.7 Å². The number of rotatable bonds is 8. The predicted molar refractivity (Wildman–Crippen MR) is 154 cm³/mol. The van der Waals surface area contributed by atoms with Gasteiger partial charge in [-0.15, -0.1) is 20.5 Å². The number of methoxy groups -OCH3 is 2. The van der Waals surface area contributed by atoms with Crippen LogP contribution in [0.5, 0.6) is 6.01 Å². The third kappa shape index (κ3) is 5.39. The van der Waals surface area contributed by atoms with Crippen LogP contribution in [-0.2, 0) is 23.6 Å². The van der Waals surface area contributed by atoms with Crippen LogP contribution >= 0.6 is 0 Å². The SMILES string of the molecule is COC(=O)c1cnn(C)c1N=Nc1c(C)nn(-c2cc(-n3nc(C)c(N=Nc4c(C(=O)OC)cnn4C)c3N)nc(O)n2)c1N. The number of nitrogen functional groups attached to an aromatic ring is 2. The summed E-state index contributed by atoms with van der Waals surface area (Å²) in [4.78, 5) is 32.2. The molecule has 0 amide bonds. The topological polar surface area (TPSA) is 271 Å². The molecule has 0 aliphatic heterocycles. The molecular weight excluding hydrogens is 592 g/mol. The second-order valence-corrected chi connectivity index (χ2v) is 9.24. The van der Waals surface area contributed by atoms with Crippen LogP contribution in [0.25, 0.3) is 11.6 Å². The lowest BCUT2D eigenvalue weighted by Crippen LogP contribution is -2.09. The Labute approximate surface area is 252 Å². The van der Waals surface area contributed by atoms with Gasteiger partial charge in [0.15, 0.2) is 46.3 Å². The van der Waals surface area contributed by atoms with Gasteiger partial charge in [-0.1, -0.05) is 0 Å². The number of aromatic hydroxyl groups is 1. The number of ether oxygens (including phenoxy) is 2. The largest absolute Gasteiger partial charge is 0.479 e. The Hall–Kier alpha value is -6.54. The molecule has 5 aromatic rings. The van der Waals surface area contributed by atoms with Gasteiger partial charge in [-0.3, -0.25) is 0 Å². The molecule has 0 bridgehead atoms. The Morgan fingerprint density at radius 2 is 1.16 bits per heavy atom. The molecule has 0 aliphatic rings. The zero-order valence-corrected chi connectivity index (χ0v) is 24.7. The van der Waals surface area contributed by atoms with E-state index < -0.39 is 17.9 Å². The van der Waals surface area contributed by atoms with Crippen molar-refractivity contribution in [2.75, 3.05) is 25.7 Å². The first-order valence-electron chi connectivity index (χ1n) is 12.8. The first-order chi connectivity index (χ1) is 21.4. The Morgan fingerprint density at radius 3 is 1.53 bits per heavy atom. The highest BCUT2D eigenvalue weighted by molar-refractivity contribution is 5.94. The van der Waals surface area contributed by atoms with Crippen molar-refractivity contribution >= 4 is 46.6 Å². The minimum absolute atomic E-state index is 0.0128. The molecule has 21 nitrogen and oxygen atoms in total. The lowest BCUT2D eigenvalue weighted by atomic mass is 10.3. The van der Waals surface area contributed by atoms with Crippen molar-refractivity contribution in [3.63, 3.8) is 0 Å². The molecule has 0 saturated heterocycles. The molecule has 232 valence electrons. The van der Waals surface area contributed by atoms with Crippen LogP contribution in [-0.4, -0.2) is 80.4 Å². The van der Waals surface area contributed by atoms with Gasteiger partial charge in [-0.2, -0.15) is 39.7 Å². The van der Waals surface area contributed by atoms with Crippen molar-refractivity contribution in [3.8, 4) is 17.6 Å². The summed E-state index contributed by atoms with van der Waals surface area (Å²) >= 11 is 0. The van der Waals surface area contributed by atoms with E-state index in [0.29, 0.717) is 11.4 Å². The van der Waals surface area contributed by atoms with E-state index in [2.05, 4.69) is 50.8 Å². The molecule has 0 aliphatic carbocycles. The van der Waals surface area contributed by atoms with Gasteiger partial charge in [0.25, 0.3) is 0 Å². The molecule has 0 spiro atoms. The zero-order valence-electron chi connectivity index (χ0n) is 24.7.